The number of rotatable bonds is 0. The Morgan fingerprint density at radius 1 is 1.38 bits per heavy atom. The second-order valence-electron chi connectivity index (χ2n) is 3.57. The standard InChI is InChI=1S/C11H13NO/c1-8-4-3-5-9-10(13)6-7-12(2)11(8)9/h3-5H,6-7H2,1-2H3. The van der Waals surface area contributed by atoms with Crippen molar-refractivity contribution in [3.05, 3.63) is 29.3 Å². The van der Waals surface area contributed by atoms with E-state index in [9.17, 15) is 4.79 Å². The third kappa shape index (κ3) is 1.22. The highest BCUT2D eigenvalue weighted by molar-refractivity contribution is 6.03. The van der Waals surface area contributed by atoms with Gasteiger partial charge in [-0.05, 0) is 18.6 Å². The lowest BCUT2D eigenvalue weighted by Gasteiger charge is -2.28. The Balaban J connectivity index is 2.63. The normalized spacial score (nSPS) is 15.8. The van der Waals surface area contributed by atoms with Crippen LogP contribution in [0.4, 0.5) is 5.69 Å². The molecule has 1 heterocycles. The van der Waals surface area contributed by atoms with Crippen LogP contribution < -0.4 is 4.90 Å². The Kier molecular flexibility index (Phi) is 1.83. The van der Waals surface area contributed by atoms with Crippen molar-refractivity contribution in [2.24, 2.45) is 0 Å². The van der Waals surface area contributed by atoms with Crippen molar-refractivity contribution in [2.75, 3.05) is 18.5 Å². The van der Waals surface area contributed by atoms with Crippen LogP contribution >= 0.6 is 0 Å². The molecule has 0 N–H and O–H groups in total. The maximum Gasteiger partial charge on any atom is 0.166 e. The molecule has 0 saturated carbocycles. The number of Topliss-reactive ketones (excluding diaryl/α,β-unsaturated/α-hetero) is 1. The quantitative estimate of drug-likeness (QED) is 0.601. The first-order valence-corrected chi connectivity index (χ1v) is 4.54. The first-order chi connectivity index (χ1) is 6.20. The number of carbonyl (C=O) groups is 1. The minimum atomic E-state index is 0.275. The van der Waals surface area contributed by atoms with Crippen LogP contribution in [0.5, 0.6) is 0 Å². The van der Waals surface area contributed by atoms with Crippen LogP contribution in [0.2, 0.25) is 0 Å². The van der Waals surface area contributed by atoms with Crippen LogP contribution in [-0.4, -0.2) is 19.4 Å². The highest BCUT2D eigenvalue weighted by Gasteiger charge is 2.21. The third-order valence-corrected chi connectivity index (χ3v) is 2.59. The van der Waals surface area contributed by atoms with E-state index in [1.165, 1.54) is 5.56 Å². The predicted molar refractivity (Wildman–Crippen MR) is 53.4 cm³/mol. The largest absolute Gasteiger partial charge is 0.373 e. The van der Waals surface area contributed by atoms with Gasteiger partial charge < -0.3 is 4.90 Å². The molecule has 0 aliphatic carbocycles. The molecule has 68 valence electrons. The molecular weight excluding hydrogens is 162 g/mol. The summed E-state index contributed by atoms with van der Waals surface area (Å²) in [6, 6.07) is 5.92. The van der Waals surface area contributed by atoms with Gasteiger partial charge in [-0.15, -0.1) is 0 Å². The molecule has 0 unspecified atom stereocenters. The lowest BCUT2D eigenvalue weighted by molar-refractivity contribution is 0.0980. The van der Waals surface area contributed by atoms with Crippen LogP contribution in [-0.2, 0) is 0 Å². The van der Waals surface area contributed by atoms with Crippen molar-refractivity contribution in [3.63, 3.8) is 0 Å². The van der Waals surface area contributed by atoms with Crippen molar-refractivity contribution in [3.8, 4) is 0 Å². The van der Waals surface area contributed by atoms with Crippen LogP contribution in [0, 0.1) is 6.92 Å². The molecule has 1 aliphatic heterocycles. The molecule has 0 aromatic heterocycles. The van der Waals surface area contributed by atoms with E-state index < -0.39 is 0 Å². The van der Waals surface area contributed by atoms with Gasteiger partial charge in [0.1, 0.15) is 0 Å². The van der Waals surface area contributed by atoms with E-state index in [0.29, 0.717) is 6.42 Å². The summed E-state index contributed by atoms with van der Waals surface area (Å²) in [7, 11) is 2.04. The zero-order valence-electron chi connectivity index (χ0n) is 8.00. The lowest BCUT2D eigenvalue weighted by atomic mass is 9.98. The van der Waals surface area contributed by atoms with E-state index in [-0.39, 0.29) is 5.78 Å². The van der Waals surface area contributed by atoms with Gasteiger partial charge in [0, 0.05) is 25.6 Å². The number of nitrogens with zero attached hydrogens (tertiary/aromatic N) is 1. The van der Waals surface area contributed by atoms with Gasteiger partial charge in [-0.2, -0.15) is 0 Å². The highest BCUT2D eigenvalue weighted by atomic mass is 16.1. The first kappa shape index (κ1) is 8.30. The van der Waals surface area contributed by atoms with E-state index >= 15 is 0 Å². The highest BCUT2D eigenvalue weighted by Crippen LogP contribution is 2.28. The van der Waals surface area contributed by atoms with Crippen molar-refractivity contribution in [1.29, 1.82) is 0 Å². The number of benzene rings is 1. The average molecular weight is 175 g/mol. The summed E-state index contributed by atoms with van der Waals surface area (Å²) in [5, 5.41) is 0. The van der Waals surface area contributed by atoms with Gasteiger partial charge in [-0.25, -0.2) is 0 Å². The predicted octanol–water partition coefficient (Wildman–Crippen LogP) is 2.02. The van der Waals surface area contributed by atoms with Crippen LogP contribution in [0.1, 0.15) is 22.3 Å². The molecule has 1 aromatic rings. The second-order valence-corrected chi connectivity index (χ2v) is 3.57. The molecule has 1 aliphatic rings. The SMILES string of the molecule is Cc1cccc2c1N(C)CCC2=O. The molecule has 1 aromatic carbocycles. The summed E-state index contributed by atoms with van der Waals surface area (Å²) in [5.74, 6) is 0.275. The van der Waals surface area contributed by atoms with Crippen molar-refractivity contribution in [1.82, 2.24) is 0 Å². The number of ketones is 1. The Morgan fingerprint density at radius 2 is 2.15 bits per heavy atom. The van der Waals surface area contributed by atoms with Gasteiger partial charge in [0.2, 0.25) is 0 Å². The number of hydrogen-bond donors (Lipinski definition) is 0. The molecule has 2 rings (SSSR count). The lowest BCUT2D eigenvalue weighted by Crippen LogP contribution is -2.28. The topological polar surface area (TPSA) is 20.3 Å². The summed E-state index contributed by atoms with van der Waals surface area (Å²) in [4.78, 5) is 13.7. The number of carbonyl (C=O) groups excluding carboxylic acids is 1. The molecular formula is C11H13NO. The number of hydrogen-bond acceptors (Lipinski definition) is 2. The fourth-order valence-electron chi connectivity index (χ4n) is 1.91. The molecule has 0 spiro atoms. The molecule has 0 radical (unpaired) electrons. The fraction of sp³-hybridized carbons (Fsp3) is 0.364. The van der Waals surface area contributed by atoms with E-state index in [1.807, 2.05) is 32.2 Å². The Morgan fingerprint density at radius 3 is 2.85 bits per heavy atom. The smallest absolute Gasteiger partial charge is 0.166 e. The Bertz CT molecular complexity index is 357. The summed E-state index contributed by atoms with van der Waals surface area (Å²) >= 11 is 0. The van der Waals surface area contributed by atoms with E-state index in [4.69, 9.17) is 0 Å². The molecule has 2 heteroatoms. The summed E-state index contributed by atoms with van der Waals surface area (Å²) < 4.78 is 0. The van der Waals surface area contributed by atoms with Gasteiger partial charge in [-0.3, -0.25) is 4.79 Å². The number of fused-ring (bicyclic) bond motifs is 1. The second kappa shape index (κ2) is 2.87. The van der Waals surface area contributed by atoms with Crippen molar-refractivity contribution in [2.45, 2.75) is 13.3 Å². The molecule has 13 heavy (non-hydrogen) atoms. The molecule has 2 nitrogen and oxygen atoms in total. The van der Waals surface area contributed by atoms with Gasteiger partial charge in [0.05, 0.1) is 5.69 Å². The maximum atomic E-state index is 11.6. The minimum Gasteiger partial charge on any atom is -0.373 e. The van der Waals surface area contributed by atoms with Crippen LogP contribution in [0.15, 0.2) is 18.2 Å². The van der Waals surface area contributed by atoms with E-state index in [1.54, 1.807) is 0 Å². The van der Waals surface area contributed by atoms with Crippen molar-refractivity contribution < 1.29 is 4.79 Å². The molecule has 0 saturated heterocycles. The van der Waals surface area contributed by atoms with Crippen LogP contribution in [0.25, 0.3) is 0 Å². The Labute approximate surface area is 78.2 Å². The number of anilines is 1. The maximum absolute atomic E-state index is 11.6. The fourth-order valence-corrected chi connectivity index (χ4v) is 1.91. The zero-order valence-corrected chi connectivity index (χ0v) is 8.00. The Hall–Kier alpha value is -1.31. The monoisotopic (exact) mass is 175 g/mol. The molecule has 0 bridgehead atoms. The van der Waals surface area contributed by atoms with Gasteiger partial charge in [0.15, 0.2) is 5.78 Å². The minimum absolute atomic E-state index is 0.275. The number of para-hydroxylation sites is 1. The molecule has 0 amide bonds. The van der Waals surface area contributed by atoms with Gasteiger partial charge in [-0.1, -0.05) is 12.1 Å². The van der Waals surface area contributed by atoms with E-state index in [0.717, 1.165) is 17.8 Å². The first-order valence-electron chi connectivity index (χ1n) is 4.54. The molecule has 0 atom stereocenters. The summed E-state index contributed by atoms with van der Waals surface area (Å²) in [6.07, 6.45) is 0.646. The average Bonchev–Trinajstić information content (AvgIpc) is 2.12. The van der Waals surface area contributed by atoms with Crippen LogP contribution in [0.3, 0.4) is 0 Å². The third-order valence-electron chi connectivity index (χ3n) is 2.59. The van der Waals surface area contributed by atoms with Gasteiger partial charge in [0.25, 0.3) is 0 Å². The van der Waals surface area contributed by atoms with Crippen molar-refractivity contribution >= 4 is 11.5 Å². The van der Waals surface area contributed by atoms with Gasteiger partial charge >= 0.3 is 0 Å². The van der Waals surface area contributed by atoms with E-state index in [2.05, 4.69) is 4.90 Å². The molecule has 0 fully saturated rings. The summed E-state index contributed by atoms with van der Waals surface area (Å²) in [5.41, 5.74) is 3.18. The summed E-state index contributed by atoms with van der Waals surface area (Å²) in [6.45, 7) is 2.89. The zero-order chi connectivity index (χ0) is 9.42. The number of aryl methyl sites for hydroxylation is 1.